The topological polar surface area (TPSA) is 55.6 Å². The van der Waals surface area contributed by atoms with Crippen LogP contribution in [0.1, 0.15) is 48.6 Å². The molecule has 1 fully saturated rings. The van der Waals surface area contributed by atoms with E-state index in [4.69, 9.17) is 0 Å². The molecule has 0 bridgehead atoms. The van der Waals surface area contributed by atoms with Gasteiger partial charge in [-0.1, -0.05) is 61.2 Å². The fraction of sp³-hybridized carbons (Fsp3) is 0.323. The van der Waals surface area contributed by atoms with E-state index in [1.807, 2.05) is 36.4 Å². The third kappa shape index (κ3) is 5.91. The molecular weight excluding hydrogens is 442 g/mol. The highest BCUT2D eigenvalue weighted by Crippen LogP contribution is 2.42. The van der Waals surface area contributed by atoms with E-state index in [2.05, 4.69) is 87.8 Å². The van der Waals surface area contributed by atoms with Crippen LogP contribution < -0.4 is 5.32 Å². The largest absolute Gasteiger partial charge is 0.384 e. The van der Waals surface area contributed by atoms with Gasteiger partial charge in [-0.3, -0.25) is 4.68 Å². The minimum absolute atomic E-state index is 0.283. The van der Waals surface area contributed by atoms with Gasteiger partial charge in [-0.25, -0.2) is 9.97 Å². The molecule has 0 aliphatic heterocycles. The number of allylic oxidation sites excluding steroid dienone is 1. The Morgan fingerprint density at radius 1 is 0.944 bits per heavy atom. The van der Waals surface area contributed by atoms with Crippen LogP contribution in [0.25, 0.3) is 11.1 Å². The summed E-state index contributed by atoms with van der Waals surface area (Å²) in [6.07, 6.45) is 13.5. The molecule has 2 aromatic heterocycles. The molecule has 1 N–H and O–H groups in total. The summed E-state index contributed by atoms with van der Waals surface area (Å²) in [7, 11) is 1.95. The Morgan fingerprint density at radius 3 is 2.33 bits per heavy atom. The van der Waals surface area contributed by atoms with Crippen LogP contribution in [0.2, 0.25) is 0 Å². The van der Waals surface area contributed by atoms with Gasteiger partial charge in [-0.2, -0.15) is 5.10 Å². The molecule has 0 spiro atoms. The molecule has 2 heterocycles. The Kier molecular flexibility index (Phi) is 7.55. The Labute approximate surface area is 214 Å². The molecule has 1 unspecified atom stereocenters. The second-order valence-electron chi connectivity index (χ2n) is 10.0. The van der Waals surface area contributed by atoms with Gasteiger partial charge in [0.15, 0.2) is 0 Å². The van der Waals surface area contributed by atoms with Crippen molar-refractivity contribution in [2.45, 2.75) is 44.6 Å². The maximum absolute atomic E-state index is 4.55. The number of nitrogens with one attached hydrogen (secondary N) is 1. The predicted octanol–water partition coefficient (Wildman–Crippen LogP) is 6.31. The van der Waals surface area contributed by atoms with Crippen LogP contribution in [0, 0.1) is 11.8 Å². The second kappa shape index (κ2) is 11.3. The Morgan fingerprint density at radius 2 is 1.67 bits per heavy atom. The van der Waals surface area contributed by atoms with Crippen molar-refractivity contribution in [1.29, 1.82) is 0 Å². The smallest absolute Gasteiger partial charge is 0.128 e. The summed E-state index contributed by atoms with van der Waals surface area (Å²) < 4.78 is 1.85. The summed E-state index contributed by atoms with van der Waals surface area (Å²) in [6, 6.07) is 21.5. The zero-order chi connectivity index (χ0) is 24.7. The lowest BCUT2D eigenvalue weighted by Gasteiger charge is -2.35. The van der Waals surface area contributed by atoms with Gasteiger partial charge in [0.1, 0.15) is 5.82 Å². The number of aryl methyl sites for hydroxylation is 1. The first-order valence-corrected chi connectivity index (χ1v) is 13.0. The molecule has 36 heavy (non-hydrogen) atoms. The minimum Gasteiger partial charge on any atom is -0.384 e. The molecule has 184 valence electrons. The van der Waals surface area contributed by atoms with Crippen molar-refractivity contribution in [1.82, 2.24) is 25.1 Å². The molecule has 1 aliphatic rings. The maximum Gasteiger partial charge on any atom is 0.128 e. The summed E-state index contributed by atoms with van der Waals surface area (Å²) in [5.41, 5.74) is 6.06. The number of hydrogen-bond acceptors (Lipinski definition) is 4. The SMILES string of the molecule is C=C(NCc1ccccc1)C(c1ccc(-c2cnn(C)c2)cc1)C1CCC(Cc2ncccn2)CC1. The third-order valence-electron chi connectivity index (χ3n) is 7.50. The van der Waals surface area contributed by atoms with Crippen molar-refractivity contribution in [3.63, 3.8) is 0 Å². The van der Waals surface area contributed by atoms with Crippen LogP contribution in [0.5, 0.6) is 0 Å². The Balaban J connectivity index is 1.31. The van der Waals surface area contributed by atoms with Gasteiger partial charge in [0, 0.05) is 55.8 Å². The minimum atomic E-state index is 0.283. The van der Waals surface area contributed by atoms with Crippen LogP contribution in [-0.4, -0.2) is 19.7 Å². The lowest BCUT2D eigenvalue weighted by Crippen LogP contribution is -2.27. The number of hydrogen-bond donors (Lipinski definition) is 1. The lowest BCUT2D eigenvalue weighted by molar-refractivity contribution is 0.248. The monoisotopic (exact) mass is 477 g/mol. The van der Waals surface area contributed by atoms with E-state index in [1.165, 1.54) is 42.4 Å². The van der Waals surface area contributed by atoms with Gasteiger partial charge >= 0.3 is 0 Å². The fourth-order valence-corrected chi connectivity index (χ4v) is 5.55. The fourth-order valence-electron chi connectivity index (χ4n) is 5.55. The summed E-state index contributed by atoms with van der Waals surface area (Å²) in [5.74, 6) is 2.48. The van der Waals surface area contributed by atoms with Crippen molar-refractivity contribution in [2.75, 3.05) is 0 Å². The molecule has 1 atom stereocenters. The first-order valence-electron chi connectivity index (χ1n) is 13.0. The standard InChI is InChI=1S/C31H35N5/c1-23(34-20-25-7-4-3-5-8-25)31(28-15-13-26(14-16-28)29-21-35-36(2)22-29)27-11-9-24(10-12-27)19-30-32-17-6-18-33-30/h3-8,13-18,21-22,24,27,31,34H,1,9-12,19-20H2,2H3. The molecule has 4 aromatic rings. The molecule has 0 amide bonds. The molecular formula is C31H35N5. The number of rotatable bonds is 9. The zero-order valence-electron chi connectivity index (χ0n) is 21.1. The average molecular weight is 478 g/mol. The number of nitrogens with zero attached hydrogens (tertiary/aromatic N) is 4. The van der Waals surface area contributed by atoms with Gasteiger partial charge in [0.2, 0.25) is 0 Å². The molecule has 1 aliphatic carbocycles. The van der Waals surface area contributed by atoms with E-state index in [0.717, 1.165) is 30.1 Å². The highest BCUT2D eigenvalue weighted by atomic mass is 15.2. The molecule has 2 aromatic carbocycles. The number of benzene rings is 2. The van der Waals surface area contributed by atoms with E-state index in [0.29, 0.717) is 11.8 Å². The van der Waals surface area contributed by atoms with Gasteiger partial charge in [-0.15, -0.1) is 0 Å². The van der Waals surface area contributed by atoms with Crippen LogP contribution in [0.3, 0.4) is 0 Å². The predicted molar refractivity (Wildman–Crippen MR) is 145 cm³/mol. The molecule has 5 heteroatoms. The van der Waals surface area contributed by atoms with Gasteiger partial charge in [0.25, 0.3) is 0 Å². The summed E-state index contributed by atoms with van der Waals surface area (Å²) in [5, 5.41) is 7.99. The second-order valence-corrected chi connectivity index (χ2v) is 10.0. The van der Waals surface area contributed by atoms with Gasteiger partial charge in [0.05, 0.1) is 6.20 Å². The average Bonchev–Trinajstić information content (AvgIpc) is 3.36. The Hall–Kier alpha value is -3.73. The highest BCUT2D eigenvalue weighted by Gasteiger charge is 2.31. The van der Waals surface area contributed by atoms with E-state index in [9.17, 15) is 0 Å². The Bertz CT molecular complexity index is 1240. The zero-order valence-corrected chi connectivity index (χ0v) is 21.1. The molecule has 5 nitrogen and oxygen atoms in total. The van der Waals surface area contributed by atoms with E-state index in [-0.39, 0.29) is 5.92 Å². The van der Waals surface area contributed by atoms with Crippen LogP contribution >= 0.6 is 0 Å². The summed E-state index contributed by atoms with van der Waals surface area (Å²) in [4.78, 5) is 8.90. The van der Waals surface area contributed by atoms with Crippen molar-refractivity contribution >= 4 is 0 Å². The quantitative estimate of drug-likeness (QED) is 0.307. The van der Waals surface area contributed by atoms with Gasteiger partial charge in [-0.05, 0) is 60.3 Å². The van der Waals surface area contributed by atoms with Crippen molar-refractivity contribution in [2.24, 2.45) is 18.9 Å². The lowest BCUT2D eigenvalue weighted by atomic mass is 9.71. The van der Waals surface area contributed by atoms with Crippen molar-refractivity contribution < 1.29 is 0 Å². The molecule has 0 radical (unpaired) electrons. The number of aromatic nitrogens is 4. The van der Waals surface area contributed by atoms with Crippen molar-refractivity contribution in [3.8, 4) is 11.1 Å². The maximum atomic E-state index is 4.55. The summed E-state index contributed by atoms with van der Waals surface area (Å²) >= 11 is 0. The van der Waals surface area contributed by atoms with Crippen LogP contribution in [0.4, 0.5) is 0 Å². The van der Waals surface area contributed by atoms with E-state index in [1.54, 1.807) is 0 Å². The van der Waals surface area contributed by atoms with Crippen molar-refractivity contribution in [3.05, 3.63) is 115 Å². The van der Waals surface area contributed by atoms with E-state index < -0.39 is 0 Å². The third-order valence-corrected chi connectivity index (χ3v) is 7.50. The molecule has 0 saturated heterocycles. The van der Waals surface area contributed by atoms with Crippen LogP contribution in [-0.2, 0) is 20.0 Å². The molecule has 1 saturated carbocycles. The highest BCUT2D eigenvalue weighted by molar-refractivity contribution is 5.62. The van der Waals surface area contributed by atoms with Crippen LogP contribution in [0.15, 0.2) is 97.7 Å². The summed E-state index contributed by atoms with van der Waals surface area (Å²) in [6.45, 7) is 5.34. The first-order chi connectivity index (χ1) is 17.7. The first kappa shape index (κ1) is 24.0. The molecule has 5 rings (SSSR count). The van der Waals surface area contributed by atoms with E-state index >= 15 is 0 Å². The van der Waals surface area contributed by atoms with Gasteiger partial charge < -0.3 is 5.32 Å². The normalized spacial score (nSPS) is 18.5.